The average molecular weight is 258 g/mol. The first kappa shape index (κ1) is 13.8. The average Bonchev–Trinajstić information content (AvgIpc) is 2.32. The minimum Gasteiger partial charge on any atom is -0.388 e. The van der Waals surface area contributed by atoms with Crippen molar-refractivity contribution in [2.45, 2.75) is 33.3 Å². The van der Waals surface area contributed by atoms with Crippen LogP contribution in [0, 0.1) is 26.6 Å². The largest absolute Gasteiger partial charge is 0.388 e. The highest BCUT2D eigenvalue weighted by Gasteiger charge is 2.11. The fraction of sp³-hybridized carbons (Fsp3) is 0.294. The summed E-state index contributed by atoms with van der Waals surface area (Å²) in [5.41, 5.74) is 4.97. The van der Waals surface area contributed by atoms with Crippen LogP contribution >= 0.6 is 0 Å². The van der Waals surface area contributed by atoms with Crippen molar-refractivity contribution < 1.29 is 9.50 Å². The number of aliphatic hydroxyl groups is 1. The first-order valence-electron chi connectivity index (χ1n) is 6.47. The first-order valence-corrected chi connectivity index (χ1v) is 6.47. The third-order valence-electron chi connectivity index (χ3n) is 3.45. The molecule has 0 aromatic heterocycles. The summed E-state index contributed by atoms with van der Waals surface area (Å²) in [4.78, 5) is 0. The zero-order valence-electron chi connectivity index (χ0n) is 11.6. The van der Waals surface area contributed by atoms with Crippen LogP contribution in [-0.4, -0.2) is 5.11 Å². The number of benzene rings is 2. The molecule has 0 fully saturated rings. The Morgan fingerprint density at radius 3 is 2.37 bits per heavy atom. The molecule has 1 N–H and O–H groups in total. The lowest BCUT2D eigenvalue weighted by Gasteiger charge is -2.13. The van der Waals surface area contributed by atoms with Gasteiger partial charge in [0.25, 0.3) is 0 Å². The Labute approximate surface area is 113 Å². The van der Waals surface area contributed by atoms with Crippen molar-refractivity contribution in [2.75, 3.05) is 0 Å². The van der Waals surface area contributed by atoms with E-state index in [0.29, 0.717) is 12.0 Å². The van der Waals surface area contributed by atoms with Crippen molar-refractivity contribution in [2.24, 2.45) is 0 Å². The second-order valence-corrected chi connectivity index (χ2v) is 5.20. The molecule has 0 saturated carbocycles. The van der Waals surface area contributed by atoms with Gasteiger partial charge < -0.3 is 5.11 Å². The Morgan fingerprint density at radius 2 is 1.74 bits per heavy atom. The Hall–Kier alpha value is -1.67. The maximum absolute atomic E-state index is 13.3. The molecular weight excluding hydrogens is 239 g/mol. The summed E-state index contributed by atoms with van der Waals surface area (Å²) in [5.74, 6) is -0.297. The Kier molecular flexibility index (Phi) is 4.01. The van der Waals surface area contributed by atoms with Gasteiger partial charge in [-0.3, -0.25) is 0 Å². The van der Waals surface area contributed by atoms with Crippen LogP contribution in [0.4, 0.5) is 4.39 Å². The highest BCUT2D eigenvalue weighted by molar-refractivity contribution is 5.32. The van der Waals surface area contributed by atoms with Gasteiger partial charge in [-0.15, -0.1) is 0 Å². The summed E-state index contributed by atoms with van der Waals surface area (Å²) in [6.45, 7) is 5.94. The molecule has 0 bridgehead atoms. The molecule has 1 unspecified atom stereocenters. The van der Waals surface area contributed by atoms with Crippen LogP contribution in [0.2, 0.25) is 0 Å². The van der Waals surface area contributed by atoms with E-state index in [2.05, 4.69) is 19.9 Å². The first-order chi connectivity index (χ1) is 8.95. The van der Waals surface area contributed by atoms with Gasteiger partial charge in [0.1, 0.15) is 5.82 Å². The predicted molar refractivity (Wildman–Crippen MR) is 75.7 cm³/mol. The minimum absolute atomic E-state index is 0.297. The molecule has 0 saturated heterocycles. The van der Waals surface area contributed by atoms with E-state index >= 15 is 0 Å². The van der Waals surface area contributed by atoms with Gasteiger partial charge in [0, 0.05) is 6.42 Å². The molecule has 1 atom stereocenters. The lowest BCUT2D eigenvalue weighted by molar-refractivity contribution is 0.178. The van der Waals surface area contributed by atoms with Gasteiger partial charge in [-0.2, -0.15) is 0 Å². The summed E-state index contributed by atoms with van der Waals surface area (Å²) in [5, 5.41) is 10.2. The van der Waals surface area contributed by atoms with E-state index in [-0.39, 0.29) is 5.82 Å². The van der Waals surface area contributed by atoms with Gasteiger partial charge in [-0.05, 0) is 60.7 Å². The second-order valence-electron chi connectivity index (χ2n) is 5.20. The maximum Gasteiger partial charge on any atom is 0.123 e. The topological polar surface area (TPSA) is 20.2 Å². The normalized spacial score (nSPS) is 12.5. The number of hydrogen-bond donors (Lipinski definition) is 1. The molecule has 0 radical (unpaired) electrons. The Morgan fingerprint density at radius 1 is 1.00 bits per heavy atom. The van der Waals surface area contributed by atoms with E-state index in [9.17, 15) is 9.50 Å². The van der Waals surface area contributed by atoms with Gasteiger partial charge in [0.2, 0.25) is 0 Å². The molecule has 0 spiro atoms. The predicted octanol–water partition coefficient (Wildman–Crippen LogP) is 4.03. The molecule has 0 aliphatic carbocycles. The lowest BCUT2D eigenvalue weighted by atomic mass is 9.97. The smallest absolute Gasteiger partial charge is 0.123 e. The van der Waals surface area contributed by atoms with Crippen molar-refractivity contribution in [1.82, 2.24) is 0 Å². The van der Waals surface area contributed by atoms with Crippen LogP contribution < -0.4 is 0 Å². The number of aryl methyl sites for hydroxylation is 3. The third-order valence-corrected chi connectivity index (χ3v) is 3.45. The van der Waals surface area contributed by atoms with Crippen LogP contribution in [0.15, 0.2) is 36.4 Å². The monoisotopic (exact) mass is 258 g/mol. The van der Waals surface area contributed by atoms with Crippen molar-refractivity contribution in [1.29, 1.82) is 0 Å². The number of hydrogen-bond acceptors (Lipinski definition) is 1. The van der Waals surface area contributed by atoms with Crippen molar-refractivity contribution in [3.63, 3.8) is 0 Å². The van der Waals surface area contributed by atoms with E-state index in [1.807, 2.05) is 25.1 Å². The molecule has 2 aromatic rings. The zero-order chi connectivity index (χ0) is 14.0. The molecule has 19 heavy (non-hydrogen) atoms. The highest BCUT2D eigenvalue weighted by Crippen LogP contribution is 2.21. The number of rotatable bonds is 3. The van der Waals surface area contributed by atoms with Gasteiger partial charge in [0.15, 0.2) is 0 Å². The highest BCUT2D eigenvalue weighted by atomic mass is 19.1. The SMILES string of the molecule is Cc1cc(F)cc(C(O)Cc2ccc(C)c(C)c2)c1. The molecule has 2 aromatic carbocycles. The van der Waals surface area contributed by atoms with E-state index < -0.39 is 6.10 Å². The zero-order valence-corrected chi connectivity index (χ0v) is 11.6. The van der Waals surface area contributed by atoms with Gasteiger partial charge in [0.05, 0.1) is 6.10 Å². The molecule has 1 nitrogen and oxygen atoms in total. The quantitative estimate of drug-likeness (QED) is 0.881. The lowest BCUT2D eigenvalue weighted by Crippen LogP contribution is -2.03. The molecule has 0 aliphatic rings. The van der Waals surface area contributed by atoms with Crippen molar-refractivity contribution >= 4 is 0 Å². The molecule has 0 heterocycles. The van der Waals surface area contributed by atoms with E-state index in [0.717, 1.165) is 11.1 Å². The molecule has 2 heteroatoms. The van der Waals surface area contributed by atoms with Crippen molar-refractivity contribution in [3.8, 4) is 0 Å². The standard InChI is InChI=1S/C17H19FO/c1-11-6-15(10-16(18)7-11)17(19)9-14-5-4-12(2)13(3)8-14/h4-8,10,17,19H,9H2,1-3H3. The summed E-state index contributed by atoms with van der Waals surface area (Å²) >= 11 is 0. The van der Waals surface area contributed by atoms with E-state index in [1.54, 1.807) is 0 Å². The summed E-state index contributed by atoms with van der Waals surface area (Å²) in [6.07, 6.45) is -0.166. The van der Waals surface area contributed by atoms with Crippen molar-refractivity contribution in [3.05, 3.63) is 70.0 Å². The molecule has 0 amide bonds. The van der Waals surface area contributed by atoms with E-state index in [4.69, 9.17) is 0 Å². The molecule has 100 valence electrons. The summed E-state index contributed by atoms with van der Waals surface area (Å²) in [6, 6.07) is 10.8. The van der Waals surface area contributed by atoms with Crippen LogP contribution in [0.1, 0.15) is 33.9 Å². The fourth-order valence-corrected chi connectivity index (χ4v) is 2.23. The van der Waals surface area contributed by atoms with Crippen LogP contribution in [-0.2, 0) is 6.42 Å². The van der Waals surface area contributed by atoms with Crippen LogP contribution in [0.3, 0.4) is 0 Å². The van der Waals surface area contributed by atoms with Gasteiger partial charge in [-0.25, -0.2) is 4.39 Å². The number of aliphatic hydroxyl groups excluding tert-OH is 1. The van der Waals surface area contributed by atoms with E-state index in [1.165, 1.54) is 23.3 Å². The third kappa shape index (κ3) is 3.42. The molecule has 2 rings (SSSR count). The Balaban J connectivity index is 2.20. The maximum atomic E-state index is 13.3. The number of halogens is 1. The van der Waals surface area contributed by atoms with Gasteiger partial charge in [-0.1, -0.05) is 24.3 Å². The molecular formula is C17H19FO. The summed E-state index contributed by atoms with van der Waals surface area (Å²) in [7, 11) is 0. The second kappa shape index (κ2) is 5.54. The Bertz CT molecular complexity index is 570. The van der Waals surface area contributed by atoms with Gasteiger partial charge >= 0.3 is 0 Å². The van der Waals surface area contributed by atoms with Crippen LogP contribution in [0.5, 0.6) is 0 Å². The summed E-state index contributed by atoms with van der Waals surface area (Å²) < 4.78 is 13.3. The molecule has 0 aliphatic heterocycles. The minimum atomic E-state index is -0.670. The fourth-order valence-electron chi connectivity index (χ4n) is 2.23. The van der Waals surface area contributed by atoms with Crippen LogP contribution in [0.25, 0.3) is 0 Å².